The number of rotatable bonds is 4. The third-order valence-electron chi connectivity index (χ3n) is 14.6. The van der Waals surface area contributed by atoms with E-state index < -0.39 is 167 Å². The molecule has 0 amide bonds. The summed E-state index contributed by atoms with van der Waals surface area (Å²) in [6.45, 7) is -3.31. The van der Waals surface area contributed by atoms with Gasteiger partial charge < -0.3 is 81.9 Å². The smallest absolute Gasteiger partial charge is 0.387 e. The number of anilines is 4. The third-order valence-corrected chi connectivity index (χ3v) is 18.6. The van der Waals surface area contributed by atoms with Crippen LogP contribution in [-0.4, -0.2) is 218 Å². The summed E-state index contributed by atoms with van der Waals surface area (Å²) >= 11 is 0. The number of H-pyrrole nitrogens is 2. The van der Waals surface area contributed by atoms with Crippen LogP contribution in [0.15, 0.2) is 47.6 Å². The van der Waals surface area contributed by atoms with E-state index in [4.69, 9.17) is 78.1 Å². The Morgan fingerprint density at radius 1 is 0.411 bits per heavy atom. The summed E-state index contributed by atoms with van der Waals surface area (Å²) in [6.07, 6.45) is -18.4. The molecular formula is C40H48N20O26P4. The van der Waals surface area contributed by atoms with Gasteiger partial charge in [0.15, 0.2) is 70.2 Å². The average molecular weight is 1350 g/mol. The Kier molecular flexibility index (Phi) is 15.9. The van der Waals surface area contributed by atoms with Gasteiger partial charge >= 0.3 is 31.3 Å². The van der Waals surface area contributed by atoms with Crippen LogP contribution in [0.3, 0.4) is 0 Å². The van der Waals surface area contributed by atoms with Gasteiger partial charge in [-0.3, -0.25) is 74.0 Å². The molecule has 6 unspecified atom stereocenters. The van der Waals surface area contributed by atoms with Crippen molar-refractivity contribution >= 4 is 99.5 Å². The molecule has 8 aromatic rings. The number of aliphatic hydroxyl groups excluding tert-OH is 4. The molecule has 484 valence electrons. The molecular weight excluding hydrogens is 1300 g/mol. The Bertz CT molecular complexity index is 4150. The molecule has 6 aliphatic rings. The van der Waals surface area contributed by atoms with Crippen molar-refractivity contribution in [3.05, 3.63) is 58.7 Å². The van der Waals surface area contributed by atoms with Gasteiger partial charge in [0.05, 0.1) is 51.7 Å². The molecule has 6 aliphatic heterocycles. The Morgan fingerprint density at radius 2 is 0.722 bits per heavy atom. The molecule has 0 spiro atoms. The van der Waals surface area contributed by atoms with Gasteiger partial charge in [0.2, 0.25) is 11.9 Å². The molecule has 20 atom stereocenters. The largest absolute Gasteiger partial charge is 0.472 e. The average Bonchev–Trinajstić information content (AvgIpc) is 1.74. The first kappa shape index (κ1) is 62.0. The van der Waals surface area contributed by atoms with Gasteiger partial charge in [-0.2, -0.15) is 9.97 Å². The highest BCUT2D eigenvalue weighted by Gasteiger charge is 2.56. The number of nitrogens with zero attached hydrogens (tertiary/aromatic N) is 14. The molecule has 46 nitrogen and oxygen atoms in total. The van der Waals surface area contributed by atoms with Gasteiger partial charge in [-0.25, -0.2) is 58.1 Å². The lowest BCUT2D eigenvalue weighted by Gasteiger charge is -2.25. The topological polar surface area (TPSA) is 659 Å². The van der Waals surface area contributed by atoms with Gasteiger partial charge in [0, 0.05) is 0 Å². The molecule has 4 bridgehead atoms. The monoisotopic (exact) mass is 1350 g/mol. The number of hydrogen-bond donors (Lipinski definition) is 14. The maximum atomic E-state index is 13.2. The lowest BCUT2D eigenvalue weighted by molar-refractivity contribution is -0.0673. The maximum absolute atomic E-state index is 13.2. The lowest BCUT2D eigenvalue weighted by Crippen LogP contribution is -2.36. The molecule has 18 N–H and O–H groups in total. The quantitative estimate of drug-likeness (QED) is 0.0737. The summed E-state index contributed by atoms with van der Waals surface area (Å²) < 4.78 is 122. The van der Waals surface area contributed by atoms with Crippen LogP contribution in [0.5, 0.6) is 0 Å². The molecule has 6 fully saturated rings. The highest BCUT2D eigenvalue weighted by Crippen LogP contribution is 2.56. The number of nitrogens with one attached hydrogen (secondary N) is 2. The number of fused-ring (bicyclic) bond motifs is 10. The molecule has 90 heavy (non-hydrogen) atoms. The van der Waals surface area contributed by atoms with E-state index in [2.05, 4.69) is 59.8 Å². The molecule has 0 aromatic carbocycles. The van der Waals surface area contributed by atoms with Crippen molar-refractivity contribution in [3.8, 4) is 0 Å². The van der Waals surface area contributed by atoms with Gasteiger partial charge in [0.25, 0.3) is 11.1 Å². The SMILES string of the molecule is Nc1nc2c(ncn2[C@@H]2O[C@@H]3COP(=O)(O)OC4[C@@H](COP(=O)(O)O[C@H]2C3O)O[C@@H](n2cnc3c(N)ncnc32)[C@H]4O)c(=O)[nH]1.Nc1nc2c(ncn2[C@@H]2O[C@@H]3COP(=O)(O)O[C@H]4[C@@H](O)[C@H](n5cnc6c(N)ncnc65)O[C@@H]4COP(=O)(O)O[C@@H]2[C@@H]3O)c(=O)[nH]1. The predicted octanol–water partition coefficient (Wildman–Crippen LogP) is -4.68. The Hall–Kier alpha value is -6.88. The number of phosphoric acid groups is 4. The number of aromatic amines is 2. The summed E-state index contributed by atoms with van der Waals surface area (Å²) in [6, 6.07) is 0. The second-order valence-corrected chi connectivity index (χ2v) is 25.9. The van der Waals surface area contributed by atoms with Crippen molar-refractivity contribution in [2.75, 3.05) is 49.4 Å². The van der Waals surface area contributed by atoms with E-state index in [1.54, 1.807) is 0 Å². The van der Waals surface area contributed by atoms with Gasteiger partial charge in [-0.15, -0.1) is 0 Å². The summed E-state index contributed by atoms with van der Waals surface area (Å²) in [5, 5.41) is 44.3. The number of ether oxygens (including phenoxy) is 4. The van der Waals surface area contributed by atoms with Crippen molar-refractivity contribution in [1.82, 2.24) is 78.1 Å². The number of aliphatic hydroxyl groups is 4. The first-order chi connectivity index (χ1) is 42.6. The van der Waals surface area contributed by atoms with Crippen LogP contribution in [0.1, 0.15) is 24.9 Å². The number of aromatic nitrogens is 16. The first-order valence-electron chi connectivity index (χ1n) is 25.9. The minimum Gasteiger partial charge on any atom is -0.387 e. The van der Waals surface area contributed by atoms with Crippen molar-refractivity contribution < 1.29 is 113 Å². The van der Waals surface area contributed by atoms with E-state index in [1.807, 2.05) is 0 Å². The van der Waals surface area contributed by atoms with E-state index in [9.17, 15) is 67.8 Å². The van der Waals surface area contributed by atoms with Crippen molar-refractivity contribution in [2.45, 2.75) is 98.2 Å². The van der Waals surface area contributed by atoms with E-state index in [0.29, 0.717) is 0 Å². The highest BCUT2D eigenvalue weighted by atomic mass is 31.2. The Labute approximate surface area is 496 Å². The predicted molar refractivity (Wildman–Crippen MR) is 287 cm³/mol. The van der Waals surface area contributed by atoms with E-state index in [-0.39, 0.29) is 68.2 Å². The lowest BCUT2D eigenvalue weighted by atomic mass is 10.1. The van der Waals surface area contributed by atoms with Crippen LogP contribution in [0.4, 0.5) is 23.5 Å². The standard InChI is InChI=1S/2C20H24N10O13P2/c2*21-14-8-15(24-3-23-14)29(4-25-8)18-11(32)12-7(41-18)2-39-45(36,37)43-13-10(31)6(1-38-44(34,35)42-12)40-19(13)30-5-26-9-16(30)27-20(22)28-17(9)33/h2*3-7,10-13,18-19,31-32H,1-2H2,(H,34,35)(H,36,37)(H2,21,23,24)(H3,22,27,28,33)/t6-,7-,10?,11+,12?,13+,18-,19-;6-,7-,10-,11-,12-,13-,18-,19-/m11/s1. The fourth-order valence-electron chi connectivity index (χ4n) is 10.6. The summed E-state index contributed by atoms with van der Waals surface area (Å²) in [5.74, 6) is -0.500. The van der Waals surface area contributed by atoms with Crippen LogP contribution in [0.25, 0.3) is 44.7 Å². The molecule has 8 aromatic heterocycles. The second kappa shape index (κ2) is 23.0. The number of nitrogen functional groups attached to an aromatic ring is 4. The van der Waals surface area contributed by atoms with Crippen LogP contribution < -0.4 is 34.1 Å². The molecule has 14 heterocycles. The molecule has 0 saturated carbocycles. The fraction of sp³-hybridized carbons (Fsp3) is 0.500. The molecule has 0 aliphatic carbocycles. The third kappa shape index (κ3) is 11.5. The highest BCUT2D eigenvalue weighted by molar-refractivity contribution is 7.48. The number of hydrogen-bond acceptors (Lipinski definition) is 36. The van der Waals surface area contributed by atoms with Gasteiger partial charge in [-0.05, 0) is 0 Å². The fourth-order valence-corrected chi connectivity index (χ4v) is 14.4. The van der Waals surface area contributed by atoms with Crippen molar-refractivity contribution in [3.63, 3.8) is 0 Å². The molecule has 50 heteroatoms. The van der Waals surface area contributed by atoms with Gasteiger partial charge in [-0.1, -0.05) is 0 Å². The minimum atomic E-state index is -5.11. The second-order valence-electron chi connectivity index (χ2n) is 20.3. The molecule has 6 saturated heterocycles. The molecule has 14 rings (SSSR count). The summed E-state index contributed by atoms with van der Waals surface area (Å²) in [5.41, 5.74) is 21.6. The zero-order valence-corrected chi connectivity index (χ0v) is 48.4. The zero-order chi connectivity index (χ0) is 63.7. The van der Waals surface area contributed by atoms with Gasteiger partial charge in [0.1, 0.15) is 96.9 Å². The van der Waals surface area contributed by atoms with Crippen LogP contribution >= 0.6 is 31.3 Å². The first-order valence-corrected chi connectivity index (χ1v) is 31.9. The van der Waals surface area contributed by atoms with E-state index >= 15 is 0 Å². The summed E-state index contributed by atoms with van der Waals surface area (Å²) in [4.78, 5) is 112. The number of nitrogens with two attached hydrogens (primary N) is 4. The zero-order valence-electron chi connectivity index (χ0n) is 44.8. The van der Waals surface area contributed by atoms with Crippen LogP contribution in [0, 0.1) is 0 Å². The van der Waals surface area contributed by atoms with Crippen molar-refractivity contribution in [1.29, 1.82) is 0 Å². The van der Waals surface area contributed by atoms with Crippen LogP contribution in [-0.2, 0) is 73.4 Å². The number of phosphoric ester groups is 4. The molecule has 0 radical (unpaired) electrons. The normalized spacial score (nSPS) is 37.7. The Balaban J connectivity index is 0.000000165. The van der Waals surface area contributed by atoms with E-state index in [0.717, 1.165) is 34.4 Å². The minimum absolute atomic E-state index is 0.0343. The van der Waals surface area contributed by atoms with E-state index in [1.165, 1.54) is 21.8 Å². The van der Waals surface area contributed by atoms with Crippen LogP contribution in [0.2, 0.25) is 0 Å². The summed E-state index contributed by atoms with van der Waals surface area (Å²) in [7, 11) is -20.4. The number of imidazole rings is 4. The van der Waals surface area contributed by atoms with Crippen molar-refractivity contribution in [2.24, 2.45) is 0 Å². The Morgan fingerprint density at radius 3 is 1.09 bits per heavy atom. The maximum Gasteiger partial charge on any atom is 0.472 e.